The fraction of sp³-hybridized carbons (Fsp3) is 0.300. The number of hydrogen-bond donors (Lipinski definition) is 1. The monoisotopic (exact) mass is 430 g/mol. The summed E-state index contributed by atoms with van der Waals surface area (Å²) in [4.78, 5) is 19.7. The maximum atomic E-state index is 12.7. The molecule has 9 heteroatoms. The molecular weight excluding hydrogens is 408 g/mol. The quantitative estimate of drug-likeness (QED) is 0.671. The van der Waals surface area contributed by atoms with E-state index in [4.69, 9.17) is 0 Å². The van der Waals surface area contributed by atoms with Crippen LogP contribution in [0, 0.1) is 0 Å². The molecule has 0 aliphatic carbocycles. The van der Waals surface area contributed by atoms with Gasteiger partial charge in [-0.2, -0.15) is 0 Å². The number of hydrogen-bond acceptors (Lipinski definition) is 6. The maximum Gasteiger partial charge on any atom is 0.255 e. The lowest BCUT2D eigenvalue weighted by molar-refractivity contribution is 0.102. The van der Waals surface area contributed by atoms with Crippen LogP contribution in [0.1, 0.15) is 23.2 Å². The summed E-state index contributed by atoms with van der Waals surface area (Å²) in [7, 11) is -0.676. The first kappa shape index (κ1) is 19.8. The van der Waals surface area contributed by atoms with Crippen LogP contribution in [0.15, 0.2) is 47.4 Å². The normalized spacial score (nSPS) is 14.7. The Balaban J connectivity index is 1.56. The summed E-state index contributed by atoms with van der Waals surface area (Å²) in [5.74, 6) is -0.357. The van der Waals surface area contributed by atoms with E-state index in [1.54, 1.807) is 23.5 Å². The molecule has 2 heterocycles. The fourth-order valence-corrected chi connectivity index (χ4v) is 5.25. The zero-order valence-corrected chi connectivity index (χ0v) is 17.9. The topological polar surface area (TPSA) is 82.6 Å². The van der Waals surface area contributed by atoms with Crippen LogP contribution in [-0.2, 0) is 10.0 Å². The van der Waals surface area contributed by atoms with E-state index in [1.165, 1.54) is 39.1 Å². The number of sulfonamides is 1. The van der Waals surface area contributed by atoms with E-state index in [-0.39, 0.29) is 16.4 Å². The van der Waals surface area contributed by atoms with Crippen LogP contribution in [0.4, 0.5) is 10.8 Å². The molecule has 1 aliphatic rings. The summed E-state index contributed by atoms with van der Waals surface area (Å²) in [5, 5.41) is 3.87. The molecule has 0 bridgehead atoms. The molecule has 1 aliphatic heterocycles. The third kappa shape index (κ3) is 3.98. The van der Waals surface area contributed by atoms with Gasteiger partial charge in [0.1, 0.15) is 0 Å². The summed E-state index contributed by atoms with van der Waals surface area (Å²) in [6.45, 7) is 2.07. The lowest BCUT2D eigenvalue weighted by Crippen LogP contribution is -2.22. The molecule has 3 aromatic rings. The Morgan fingerprint density at radius 3 is 2.62 bits per heavy atom. The Kier molecular flexibility index (Phi) is 5.28. The average molecular weight is 431 g/mol. The van der Waals surface area contributed by atoms with Gasteiger partial charge in [-0.15, -0.1) is 0 Å². The van der Waals surface area contributed by atoms with E-state index in [1.807, 2.05) is 18.2 Å². The minimum absolute atomic E-state index is 0.0864. The first-order chi connectivity index (χ1) is 13.8. The summed E-state index contributed by atoms with van der Waals surface area (Å²) in [6, 6.07) is 11.7. The fourth-order valence-electron chi connectivity index (χ4n) is 3.25. The van der Waals surface area contributed by atoms with E-state index < -0.39 is 10.0 Å². The molecule has 29 heavy (non-hydrogen) atoms. The third-order valence-corrected chi connectivity index (χ3v) is 7.78. The van der Waals surface area contributed by atoms with E-state index in [9.17, 15) is 13.2 Å². The lowest BCUT2D eigenvalue weighted by atomic mass is 10.2. The zero-order chi connectivity index (χ0) is 20.6. The van der Waals surface area contributed by atoms with Gasteiger partial charge in [0.25, 0.3) is 5.91 Å². The number of nitrogens with zero attached hydrogens (tertiary/aromatic N) is 3. The Bertz CT molecular complexity index is 1170. The van der Waals surface area contributed by atoms with E-state index >= 15 is 0 Å². The molecule has 0 atom stereocenters. The van der Waals surface area contributed by atoms with Crippen molar-refractivity contribution in [3.63, 3.8) is 0 Å². The van der Waals surface area contributed by atoms with Crippen molar-refractivity contribution >= 4 is 48.3 Å². The van der Waals surface area contributed by atoms with Crippen LogP contribution in [0.3, 0.4) is 0 Å². The number of nitrogens with one attached hydrogen (secondary N) is 1. The zero-order valence-electron chi connectivity index (χ0n) is 16.3. The molecule has 152 valence electrons. The van der Waals surface area contributed by atoms with Crippen LogP contribution in [0.2, 0.25) is 0 Å². The van der Waals surface area contributed by atoms with Crippen molar-refractivity contribution in [2.75, 3.05) is 37.4 Å². The van der Waals surface area contributed by atoms with Crippen molar-refractivity contribution in [3.05, 3.63) is 48.0 Å². The SMILES string of the molecule is CN(C)S(=O)(=O)c1cccc(C(=O)Nc2ccc3nc(N4CCCC4)sc3c2)c1. The number of aromatic nitrogens is 1. The number of anilines is 2. The first-order valence-electron chi connectivity index (χ1n) is 9.34. The van der Waals surface area contributed by atoms with Crippen molar-refractivity contribution in [1.29, 1.82) is 0 Å². The van der Waals surface area contributed by atoms with Gasteiger partial charge in [-0.25, -0.2) is 17.7 Å². The molecule has 0 spiro atoms. The van der Waals surface area contributed by atoms with Crippen LogP contribution in [0.25, 0.3) is 10.2 Å². The Morgan fingerprint density at radius 2 is 1.90 bits per heavy atom. The van der Waals surface area contributed by atoms with Gasteiger partial charge >= 0.3 is 0 Å². The second-order valence-electron chi connectivity index (χ2n) is 7.14. The molecule has 1 saturated heterocycles. The molecule has 0 unspecified atom stereocenters. The van der Waals surface area contributed by atoms with Crippen LogP contribution >= 0.6 is 11.3 Å². The molecule has 2 aromatic carbocycles. The average Bonchev–Trinajstić information content (AvgIpc) is 3.37. The van der Waals surface area contributed by atoms with Gasteiger partial charge in [0.2, 0.25) is 10.0 Å². The molecule has 1 N–H and O–H groups in total. The Hall–Kier alpha value is -2.49. The molecular formula is C20H22N4O3S2. The van der Waals surface area contributed by atoms with Gasteiger partial charge < -0.3 is 10.2 Å². The Morgan fingerprint density at radius 1 is 1.14 bits per heavy atom. The smallest absolute Gasteiger partial charge is 0.255 e. The molecule has 0 radical (unpaired) electrons. The summed E-state index contributed by atoms with van der Waals surface area (Å²) in [6.07, 6.45) is 2.39. The summed E-state index contributed by atoms with van der Waals surface area (Å²) in [5.41, 5.74) is 1.85. The largest absolute Gasteiger partial charge is 0.348 e. The number of carbonyl (C=O) groups is 1. The highest BCUT2D eigenvalue weighted by Gasteiger charge is 2.19. The van der Waals surface area contributed by atoms with Crippen molar-refractivity contribution in [2.45, 2.75) is 17.7 Å². The van der Waals surface area contributed by atoms with E-state index in [0.29, 0.717) is 5.69 Å². The van der Waals surface area contributed by atoms with E-state index in [0.717, 1.165) is 32.7 Å². The lowest BCUT2D eigenvalue weighted by Gasteiger charge is -2.12. The predicted octanol–water partition coefficient (Wildman–Crippen LogP) is 3.40. The van der Waals surface area contributed by atoms with Crippen molar-refractivity contribution in [1.82, 2.24) is 9.29 Å². The minimum Gasteiger partial charge on any atom is -0.348 e. The first-order valence-corrected chi connectivity index (χ1v) is 11.6. The Labute approximate surface area is 174 Å². The second-order valence-corrected chi connectivity index (χ2v) is 10.3. The number of carbonyl (C=O) groups excluding carboxylic acids is 1. The molecule has 1 fully saturated rings. The predicted molar refractivity (Wildman–Crippen MR) is 116 cm³/mol. The number of rotatable bonds is 5. The highest BCUT2D eigenvalue weighted by Crippen LogP contribution is 2.32. The van der Waals surface area contributed by atoms with Crippen LogP contribution < -0.4 is 10.2 Å². The summed E-state index contributed by atoms with van der Waals surface area (Å²) >= 11 is 1.62. The molecule has 1 aromatic heterocycles. The van der Waals surface area contributed by atoms with Crippen LogP contribution in [0.5, 0.6) is 0 Å². The molecule has 1 amide bonds. The van der Waals surface area contributed by atoms with Gasteiger partial charge in [-0.05, 0) is 49.2 Å². The number of fused-ring (bicyclic) bond motifs is 1. The van der Waals surface area contributed by atoms with Crippen molar-refractivity contribution < 1.29 is 13.2 Å². The molecule has 4 rings (SSSR count). The van der Waals surface area contributed by atoms with Gasteiger partial charge in [-0.1, -0.05) is 17.4 Å². The minimum atomic E-state index is -3.60. The highest BCUT2D eigenvalue weighted by molar-refractivity contribution is 7.89. The maximum absolute atomic E-state index is 12.7. The van der Waals surface area contributed by atoms with Crippen molar-refractivity contribution in [2.24, 2.45) is 0 Å². The molecule has 7 nitrogen and oxygen atoms in total. The summed E-state index contributed by atoms with van der Waals surface area (Å²) < 4.78 is 26.7. The second kappa shape index (κ2) is 7.74. The third-order valence-electron chi connectivity index (χ3n) is 4.89. The van der Waals surface area contributed by atoms with Crippen LogP contribution in [-0.4, -0.2) is 50.8 Å². The van der Waals surface area contributed by atoms with Gasteiger partial charge in [0, 0.05) is 38.4 Å². The van der Waals surface area contributed by atoms with Gasteiger partial charge in [0.05, 0.1) is 15.1 Å². The molecule has 0 saturated carbocycles. The number of thiazole rings is 1. The number of amides is 1. The van der Waals surface area contributed by atoms with Gasteiger partial charge in [-0.3, -0.25) is 4.79 Å². The van der Waals surface area contributed by atoms with Gasteiger partial charge in [0.15, 0.2) is 5.13 Å². The highest BCUT2D eigenvalue weighted by atomic mass is 32.2. The number of benzene rings is 2. The van der Waals surface area contributed by atoms with E-state index in [2.05, 4.69) is 15.2 Å². The standard InChI is InChI=1S/C20H22N4O3S2/c1-23(2)29(26,27)16-7-5-6-14(12-16)19(25)21-15-8-9-17-18(13-15)28-20(22-17)24-10-3-4-11-24/h5-9,12-13H,3-4,10-11H2,1-2H3,(H,21,25). The van der Waals surface area contributed by atoms with Crippen molar-refractivity contribution in [3.8, 4) is 0 Å².